The number of carboxylic acids is 1. The molecular weight excluding hydrogens is 464 g/mol. The van der Waals surface area contributed by atoms with E-state index in [1.54, 1.807) is 24.1 Å². The van der Waals surface area contributed by atoms with E-state index in [0.717, 1.165) is 34.4 Å². The average Bonchev–Trinajstić information content (AvgIpc) is 3.12. The van der Waals surface area contributed by atoms with Gasteiger partial charge in [-0.15, -0.1) is 0 Å². The summed E-state index contributed by atoms with van der Waals surface area (Å²) >= 11 is 6.17. The highest BCUT2D eigenvalue weighted by atomic mass is 35.5. The minimum absolute atomic E-state index is 0.0189. The highest BCUT2D eigenvalue weighted by Crippen LogP contribution is 2.33. The van der Waals surface area contributed by atoms with Crippen molar-refractivity contribution in [3.63, 3.8) is 0 Å². The number of likely N-dealkylation sites (N-methyl/N-ethyl adjacent to an activating group) is 1. The lowest BCUT2D eigenvalue weighted by Crippen LogP contribution is -2.25. The first kappa shape index (κ1) is 24.3. The summed E-state index contributed by atoms with van der Waals surface area (Å²) < 4.78 is 0. The van der Waals surface area contributed by atoms with E-state index in [1.165, 1.54) is 0 Å². The average molecular weight is 491 g/mol. The molecule has 1 heterocycles. The number of aromatic nitrogens is 1. The Morgan fingerprint density at radius 3 is 2.46 bits per heavy atom. The molecule has 0 spiro atoms. The molecule has 180 valence electrons. The predicted octanol–water partition coefficient (Wildman–Crippen LogP) is 5.28. The van der Waals surface area contributed by atoms with Crippen molar-refractivity contribution in [1.29, 1.82) is 0 Å². The fraction of sp³-hybridized carbons (Fsp3) is 0.185. The molecule has 0 amide bonds. The van der Waals surface area contributed by atoms with Crippen molar-refractivity contribution in [2.75, 3.05) is 32.6 Å². The third kappa shape index (κ3) is 5.65. The van der Waals surface area contributed by atoms with Crippen molar-refractivity contribution in [3.05, 3.63) is 88.4 Å². The summed E-state index contributed by atoms with van der Waals surface area (Å²) in [6.45, 7) is 0.679. The number of anilines is 1. The van der Waals surface area contributed by atoms with Gasteiger partial charge in [-0.25, -0.2) is 4.99 Å². The number of hydrogen-bond donors (Lipinski definition) is 3. The molecule has 0 fully saturated rings. The molecule has 8 heteroatoms. The van der Waals surface area contributed by atoms with E-state index in [-0.39, 0.29) is 12.4 Å². The number of aromatic hydroxyl groups is 1. The van der Waals surface area contributed by atoms with Crippen LogP contribution in [0.25, 0.3) is 10.9 Å². The molecule has 0 unspecified atom stereocenters. The molecular formula is C27H27ClN4O3. The van der Waals surface area contributed by atoms with Crippen molar-refractivity contribution in [1.82, 2.24) is 9.88 Å². The van der Waals surface area contributed by atoms with Gasteiger partial charge in [0.25, 0.3) is 0 Å². The summed E-state index contributed by atoms with van der Waals surface area (Å²) in [6, 6.07) is 20.8. The van der Waals surface area contributed by atoms with Gasteiger partial charge in [-0.05, 0) is 56.1 Å². The summed E-state index contributed by atoms with van der Waals surface area (Å²) in [5, 5.41) is 21.4. The van der Waals surface area contributed by atoms with Crippen molar-refractivity contribution in [3.8, 4) is 5.88 Å². The third-order valence-corrected chi connectivity index (χ3v) is 5.82. The van der Waals surface area contributed by atoms with Crippen molar-refractivity contribution < 1.29 is 15.0 Å². The number of hydrogen-bond acceptors (Lipinski definition) is 5. The standard InChI is InChI=1S/C27H27ClN4O3/c1-31(2)15-17-7-10-20(11-8-17)29-26(18-5-4-6-21(13-18)32(3)16-24(33)34)25-22-12-9-19(28)14-23(22)30-27(25)35/h4-14,30,35H,15-16H2,1-3H3,(H,33,34). The molecule has 0 aliphatic carbocycles. The fourth-order valence-electron chi connectivity index (χ4n) is 4.01. The number of rotatable bonds is 8. The van der Waals surface area contributed by atoms with Gasteiger partial charge < -0.3 is 25.0 Å². The van der Waals surface area contributed by atoms with Crippen LogP contribution in [0.15, 0.2) is 71.7 Å². The molecule has 0 bridgehead atoms. The topological polar surface area (TPSA) is 92.2 Å². The van der Waals surface area contributed by atoms with Crippen molar-refractivity contribution >= 4 is 45.6 Å². The zero-order valence-electron chi connectivity index (χ0n) is 19.8. The SMILES string of the molecule is CN(C)Cc1ccc(N=C(c2cccc(N(C)CC(=O)O)c2)c2c(O)[nH]c3cc(Cl)ccc23)cc1. The van der Waals surface area contributed by atoms with Crippen LogP contribution in [0.5, 0.6) is 5.88 Å². The van der Waals surface area contributed by atoms with Gasteiger partial charge in [0.1, 0.15) is 6.54 Å². The van der Waals surface area contributed by atoms with E-state index in [9.17, 15) is 15.0 Å². The van der Waals surface area contributed by atoms with E-state index in [4.69, 9.17) is 16.6 Å². The van der Waals surface area contributed by atoms with Crippen LogP contribution in [-0.2, 0) is 11.3 Å². The number of aliphatic imine (C=N–C) groups is 1. The Balaban J connectivity index is 1.87. The Labute approximate surface area is 208 Å². The smallest absolute Gasteiger partial charge is 0.323 e. The minimum Gasteiger partial charge on any atom is -0.494 e. The van der Waals surface area contributed by atoms with Gasteiger partial charge in [0.15, 0.2) is 5.88 Å². The normalized spacial score (nSPS) is 11.9. The number of fused-ring (bicyclic) bond motifs is 1. The fourth-order valence-corrected chi connectivity index (χ4v) is 4.19. The number of carbonyl (C=O) groups is 1. The largest absolute Gasteiger partial charge is 0.494 e. The van der Waals surface area contributed by atoms with Crippen LogP contribution < -0.4 is 4.90 Å². The Morgan fingerprint density at radius 2 is 1.77 bits per heavy atom. The Morgan fingerprint density at radius 1 is 1.03 bits per heavy atom. The highest BCUT2D eigenvalue weighted by Gasteiger charge is 2.20. The molecule has 0 saturated carbocycles. The van der Waals surface area contributed by atoms with E-state index >= 15 is 0 Å². The number of nitrogens with zero attached hydrogens (tertiary/aromatic N) is 3. The first-order chi connectivity index (χ1) is 16.7. The number of halogens is 1. The van der Waals surface area contributed by atoms with Gasteiger partial charge in [-0.2, -0.15) is 0 Å². The van der Waals surface area contributed by atoms with Gasteiger partial charge in [0.05, 0.1) is 22.5 Å². The lowest BCUT2D eigenvalue weighted by Gasteiger charge is -2.18. The molecule has 3 N–H and O–H groups in total. The summed E-state index contributed by atoms with van der Waals surface area (Å²) in [6.07, 6.45) is 0. The number of carboxylic acid groups (broad SMARTS) is 1. The Hall–Kier alpha value is -3.81. The summed E-state index contributed by atoms with van der Waals surface area (Å²) in [4.78, 5) is 22.9. The van der Waals surface area contributed by atoms with Gasteiger partial charge in [0.2, 0.25) is 0 Å². The van der Waals surface area contributed by atoms with Crippen LogP contribution in [0.2, 0.25) is 5.02 Å². The molecule has 4 aromatic rings. The van der Waals surface area contributed by atoms with E-state index in [1.807, 2.05) is 68.7 Å². The molecule has 35 heavy (non-hydrogen) atoms. The molecule has 0 aliphatic rings. The van der Waals surface area contributed by atoms with Gasteiger partial charge in [-0.1, -0.05) is 41.9 Å². The second-order valence-corrected chi connectivity index (χ2v) is 9.14. The number of aromatic amines is 1. The zero-order chi connectivity index (χ0) is 25.1. The van der Waals surface area contributed by atoms with Crippen LogP contribution in [0.4, 0.5) is 11.4 Å². The third-order valence-electron chi connectivity index (χ3n) is 5.59. The van der Waals surface area contributed by atoms with Gasteiger partial charge >= 0.3 is 5.97 Å². The molecule has 7 nitrogen and oxygen atoms in total. The maximum Gasteiger partial charge on any atom is 0.323 e. The van der Waals surface area contributed by atoms with Crippen LogP contribution >= 0.6 is 11.6 Å². The predicted molar refractivity (Wildman–Crippen MR) is 141 cm³/mol. The van der Waals surface area contributed by atoms with Crippen LogP contribution in [0.3, 0.4) is 0 Å². The molecule has 3 aromatic carbocycles. The van der Waals surface area contributed by atoms with Crippen LogP contribution in [0, 0.1) is 0 Å². The molecule has 0 atom stereocenters. The number of nitrogens with one attached hydrogen (secondary N) is 1. The highest BCUT2D eigenvalue weighted by molar-refractivity contribution is 6.31. The Kier molecular flexibility index (Phi) is 7.10. The molecule has 4 rings (SSSR count). The Bertz CT molecular complexity index is 1390. The monoisotopic (exact) mass is 490 g/mol. The molecule has 1 aromatic heterocycles. The lowest BCUT2D eigenvalue weighted by atomic mass is 10.00. The number of aliphatic carboxylic acids is 1. The van der Waals surface area contributed by atoms with Crippen LogP contribution in [0.1, 0.15) is 16.7 Å². The maximum atomic E-state index is 11.2. The maximum absolute atomic E-state index is 11.2. The molecule has 0 saturated heterocycles. The van der Waals surface area contributed by atoms with E-state index in [0.29, 0.717) is 21.8 Å². The second kappa shape index (κ2) is 10.2. The first-order valence-corrected chi connectivity index (χ1v) is 11.5. The van der Waals surface area contributed by atoms with Crippen molar-refractivity contribution in [2.24, 2.45) is 4.99 Å². The summed E-state index contributed by atoms with van der Waals surface area (Å²) in [5.41, 5.74) is 5.16. The molecule has 0 radical (unpaired) electrons. The summed E-state index contributed by atoms with van der Waals surface area (Å²) in [7, 11) is 5.76. The summed E-state index contributed by atoms with van der Waals surface area (Å²) in [5.74, 6) is -0.940. The van der Waals surface area contributed by atoms with Crippen molar-refractivity contribution in [2.45, 2.75) is 6.54 Å². The number of H-pyrrole nitrogens is 1. The first-order valence-electron chi connectivity index (χ1n) is 11.1. The zero-order valence-corrected chi connectivity index (χ0v) is 20.5. The van der Waals surface area contributed by atoms with Crippen LogP contribution in [-0.4, -0.2) is 59.5 Å². The van der Waals surface area contributed by atoms with E-state index in [2.05, 4.69) is 9.88 Å². The number of benzene rings is 3. The lowest BCUT2D eigenvalue weighted by molar-refractivity contribution is -0.135. The van der Waals surface area contributed by atoms with Gasteiger partial charge in [0, 0.05) is 35.3 Å². The van der Waals surface area contributed by atoms with Gasteiger partial charge in [-0.3, -0.25) is 4.79 Å². The second-order valence-electron chi connectivity index (χ2n) is 8.70. The quantitative estimate of drug-likeness (QED) is 0.292. The molecule has 0 aliphatic heterocycles. The minimum atomic E-state index is -0.921. The van der Waals surface area contributed by atoms with E-state index < -0.39 is 5.97 Å².